The van der Waals surface area contributed by atoms with Crippen LogP contribution in [0.4, 0.5) is 8.78 Å². The molecule has 2 fully saturated rings. The van der Waals surface area contributed by atoms with Gasteiger partial charge in [0.25, 0.3) is 0 Å². The number of nitrogens with one attached hydrogen (secondary N) is 1. The van der Waals surface area contributed by atoms with Crippen LogP contribution in [0.25, 0.3) is 0 Å². The van der Waals surface area contributed by atoms with Gasteiger partial charge in [-0.15, -0.1) is 0 Å². The van der Waals surface area contributed by atoms with Gasteiger partial charge in [0.15, 0.2) is 11.6 Å². The van der Waals surface area contributed by atoms with E-state index in [2.05, 4.69) is 10.4 Å². The minimum atomic E-state index is -0.699. The van der Waals surface area contributed by atoms with Crippen LogP contribution in [0.15, 0.2) is 30.6 Å². The number of benzene rings is 1. The molecule has 8 heteroatoms. The molecule has 150 valence electrons. The minimum absolute atomic E-state index is 0.0582. The second-order valence-corrected chi connectivity index (χ2v) is 7.54. The van der Waals surface area contributed by atoms with E-state index >= 15 is 0 Å². The van der Waals surface area contributed by atoms with Crippen molar-refractivity contribution in [3.8, 4) is 5.75 Å². The molecule has 0 saturated carbocycles. The third-order valence-corrected chi connectivity index (χ3v) is 5.63. The van der Waals surface area contributed by atoms with Crippen molar-refractivity contribution in [2.24, 2.45) is 13.0 Å². The molecule has 1 amide bonds. The van der Waals surface area contributed by atoms with Crippen LogP contribution < -0.4 is 10.1 Å². The Bertz CT molecular complexity index is 848. The number of aromatic nitrogens is 2. The van der Waals surface area contributed by atoms with Crippen LogP contribution >= 0.6 is 0 Å². The number of piperidine rings is 1. The molecule has 3 heterocycles. The average molecular weight is 390 g/mol. The number of halogens is 2. The Morgan fingerprint density at radius 2 is 2.04 bits per heavy atom. The molecule has 2 atom stereocenters. The molecule has 1 aromatic heterocycles. The molecule has 2 aliphatic rings. The van der Waals surface area contributed by atoms with Crippen LogP contribution in [0, 0.1) is 17.6 Å². The molecular weight excluding hydrogens is 366 g/mol. The molecule has 0 radical (unpaired) electrons. The molecule has 0 aliphatic carbocycles. The molecule has 0 unspecified atom stereocenters. The second-order valence-electron chi connectivity index (χ2n) is 7.54. The quantitative estimate of drug-likeness (QED) is 0.868. The van der Waals surface area contributed by atoms with Gasteiger partial charge in [0, 0.05) is 64.2 Å². The molecule has 2 aromatic rings. The standard InChI is InChI=1S/C20H24F2N4O2/c1-25-12-13(9-24-25)16-10-23-11-17(16)20(27)26-6-4-15(5-7-26)28-19-3-2-14(21)8-18(19)22/h2-3,8-9,12,15-17,23H,4-7,10-11H2,1H3/t16-,17+/m1/s1. The first-order valence-corrected chi connectivity index (χ1v) is 9.61. The van der Waals surface area contributed by atoms with E-state index < -0.39 is 11.6 Å². The highest BCUT2D eigenvalue weighted by atomic mass is 19.1. The van der Waals surface area contributed by atoms with Crippen molar-refractivity contribution in [2.45, 2.75) is 24.9 Å². The Morgan fingerprint density at radius 3 is 2.71 bits per heavy atom. The van der Waals surface area contributed by atoms with Crippen molar-refractivity contribution in [2.75, 3.05) is 26.2 Å². The highest BCUT2D eigenvalue weighted by Crippen LogP contribution is 2.30. The Hall–Kier alpha value is -2.48. The lowest BCUT2D eigenvalue weighted by Gasteiger charge is -2.34. The zero-order valence-electron chi connectivity index (χ0n) is 15.8. The summed E-state index contributed by atoms with van der Waals surface area (Å²) in [6.07, 6.45) is 4.87. The van der Waals surface area contributed by atoms with Crippen molar-refractivity contribution in [1.29, 1.82) is 0 Å². The Labute approximate surface area is 162 Å². The molecule has 4 rings (SSSR count). The fourth-order valence-corrected chi connectivity index (χ4v) is 4.10. The van der Waals surface area contributed by atoms with Crippen molar-refractivity contribution in [3.05, 3.63) is 47.8 Å². The fraction of sp³-hybridized carbons (Fsp3) is 0.500. The van der Waals surface area contributed by atoms with Gasteiger partial charge in [-0.25, -0.2) is 8.78 Å². The predicted molar refractivity (Wildman–Crippen MR) is 98.9 cm³/mol. The Morgan fingerprint density at radius 1 is 1.25 bits per heavy atom. The minimum Gasteiger partial charge on any atom is -0.487 e. The van der Waals surface area contributed by atoms with Crippen LogP contribution in [-0.2, 0) is 11.8 Å². The molecule has 0 spiro atoms. The number of hydrogen-bond acceptors (Lipinski definition) is 4. The van der Waals surface area contributed by atoms with Crippen LogP contribution in [-0.4, -0.2) is 52.9 Å². The van der Waals surface area contributed by atoms with E-state index in [9.17, 15) is 13.6 Å². The Kier molecular flexibility index (Phi) is 5.30. The van der Waals surface area contributed by atoms with Crippen LogP contribution in [0.1, 0.15) is 24.3 Å². The largest absolute Gasteiger partial charge is 0.487 e. The molecule has 2 aliphatic heterocycles. The van der Waals surface area contributed by atoms with E-state index in [0.29, 0.717) is 32.5 Å². The SMILES string of the molecule is Cn1cc([C@H]2CNC[C@@H]2C(=O)N2CCC(Oc3ccc(F)cc3F)CC2)cn1. The first-order valence-electron chi connectivity index (χ1n) is 9.61. The summed E-state index contributed by atoms with van der Waals surface area (Å²) in [5, 5.41) is 7.54. The van der Waals surface area contributed by atoms with Gasteiger partial charge in [-0.05, 0) is 17.7 Å². The van der Waals surface area contributed by atoms with Gasteiger partial charge in [-0.3, -0.25) is 9.48 Å². The van der Waals surface area contributed by atoms with Gasteiger partial charge >= 0.3 is 0 Å². The number of amides is 1. The number of hydrogen-bond donors (Lipinski definition) is 1. The molecule has 28 heavy (non-hydrogen) atoms. The lowest BCUT2D eigenvalue weighted by Crippen LogP contribution is -2.45. The molecule has 2 saturated heterocycles. The van der Waals surface area contributed by atoms with E-state index in [1.165, 1.54) is 12.1 Å². The summed E-state index contributed by atoms with van der Waals surface area (Å²) < 4.78 is 34.2. The summed E-state index contributed by atoms with van der Waals surface area (Å²) in [5.74, 6) is -1.10. The smallest absolute Gasteiger partial charge is 0.227 e. The summed E-state index contributed by atoms with van der Waals surface area (Å²) in [4.78, 5) is 14.9. The summed E-state index contributed by atoms with van der Waals surface area (Å²) in [5.41, 5.74) is 1.08. The zero-order chi connectivity index (χ0) is 19.7. The third-order valence-electron chi connectivity index (χ3n) is 5.63. The number of carbonyl (C=O) groups excluding carboxylic acids is 1. The molecule has 6 nitrogen and oxygen atoms in total. The summed E-state index contributed by atoms with van der Waals surface area (Å²) in [6.45, 7) is 2.58. The second kappa shape index (κ2) is 7.87. The van der Waals surface area contributed by atoms with Crippen LogP contribution in [0.2, 0.25) is 0 Å². The van der Waals surface area contributed by atoms with Crippen molar-refractivity contribution < 1.29 is 18.3 Å². The zero-order valence-corrected chi connectivity index (χ0v) is 15.8. The van der Waals surface area contributed by atoms with E-state index in [0.717, 1.165) is 18.2 Å². The summed E-state index contributed by atoms with van der Waals surface area (Å²) in [7, 11) is 1.87. The van der Waals surface area contributed by atoms with E-state index in [1.807, 2.05) is 24.3 Å². The number of ether oxygens (including phenoxy) is 1. The van der Waals surface area contributed by atoms with Crippen LogP contribution in [0.3, 0.4) is 0 Å². The summed E-state index contributed by atoms with van der Waals surface area (Å²) in [6, 6.07) is 3.31. The number of likely N-dealkylation sites (tertiary alicyclic amines) is 1. The number of nitrogens with zero attached hydrogens (tertiary/aromatic N) is 3. The first kappa shape index (κ1) is 18.9. The first-order chi connectivity index (χ1) is 13.5. The number of carbonyl (C=O) groups is 1. The number of rotatable bonds is 4. The van der Waals surface area contributed by atoms with Crippen molar-refractivity contribution >= 4 is 5.91 Å². The molecular formula is C20H24F2N4O2. The van der Waals surface area contributed by atoms with E-state index in [-0.39, 0.29) is 29.6 Å². The van der Waals surface area contributed by atoms with Gasteiger partial charge in [0.05, 0.1) is 12.1 Å². The monoisotopic (exact) mass is 390 g/mol. The van der Waals surface area contributed by atoms with Gasteiger partial charge in [-0.2, -0.15) is 5.10 Å². The van der Waals surface area contributed by atoms with E-state index in [4.69, 9.17) is 4.74 Å². The van der Waals surface area contributed by atoms with Gasteiger partial charge in [0.2, 0.25) is 5.91 Å². The third kappa shape index (κ3) is 3.87. The maximum Gasteiger partial charge on any atom is 0.227 e. The lowest BCUT2D eigenvalue weighted by atomic mass is 9.89. The Balaban J connectivity index is 1.34. The average Bonchev–Trinajstić information content (AvgIpc) is 3.33. The number of aryl methyl sites for hydroxylation is 1. The molecule has 1 N–H and O–H groups in total. The highest BCUT2D eigenvalue weighted by molar-refractivity contribution is 5.80. The molecule has 1 aromatic carbocycles. The van der Waals surface area contributed by atoms with Gasteiger partial charge < -0.3 is 15.0 Å². The lowest BCUT2D eigenvalue weighted by molar-refractivity contribution is -0.137. The van der Waals surface area contributed by atoms with Gasteiger partial charge in [-0.1, -0.05) is 0 Å². The van der Waals surface area contributed by atoms with E-state index in [1.54, 1.807) is 4.68 Å². The molecule has 0 bridgehead atoms. The fourth-order valence-electron chi connectivity index (χ4n) is 4.10. The maximum atomic E-state index is 13.8. The normalized spacial score (nSPS) is 23.2. The van der Waals surface area contributed by atoms with Crippen molar-refractivity contribution in [3.63, 3.8) is 0 Å². The predicted octanol–water partition coefficient (Wildman–Crippen LogP) is 2.07. The van der Waals surface area contributed by atoms with Crippen LogP contribution in [0.5, 0.6) is 5.75 Å². The highest BCUT2D eigenvalue weighted by Gasteiger charge is 2.38. The maximum absolute atomic E-state index is 13.8. The topological polar surface area (TPSA) is 59.4 Å². The summed E-state index contributed by atoms with van der Waals surface area (Å²) >= 11 is 0. The van der Waals surface area contributed by atoms with Crippen molar-refractivity contribution in [1.82, 2.24) is 20.0 Å². The van der Waals surface area contributed by atoms with Gasteiger partial charge in [0.1, 0.15) is 11.9 Å².